The number of hydrogen-bond donors (Lipinski definition) is 0. The molecular weight excluding hydrogens is 513 g/mol. The summed E-state index contributed by atoms with van der Waals surface area (Å²) in [6, 6.07) is 36.4. The summed E-state index contributed by atoms with van der Waals surface area (Å²) in [4.78, 5) is 2.66. The van der Waals surface area contributed by atoms with Crippen LogP contribution in [0.5, 0.6) is 0 Å². The van der Waals surface area contributed by atoms with Gasteiger partial charge in [-0.3, -0.25) is 0 Å². The molecule has 0 spiro atoms. The molecule has 8 rings (SSSR count). The van der Waals surface area contributed by atoms with Gasteiger partial charge in [-0.25, -0.2) is 0 Å². The second-order valence-corrected chi connectivity index (χ2v) is 13.1. The van der Waals surface area contributed by atoms with E-state index in [0.717, 1.165) is 0 Å². The zero-order valence-corrected chi connectivity index (χ0v) is 22.3. The predicted molar refractivity (Wildman–Crippen MR) is 164 cm³/mol. The highest BCUT2D eigenvalue weighted by molar-refractivity contribution is 7.23. The van der Waals surface area contributed by atoms with Crippen molar-refractivity contribution < 1.29 is 0 Å². The molecule has 4 heterocycles. The first-order valence-corrected chi connectivity index (χ1v) is 15.2. The van der Waals surface area contributed by atoms with Crippen LogP contribution in [0.1, 0.15) is 0 Å². The highest BCUT2D eigenvalue weighted by Gasteiger charge is 2.09. The maximum Gasteiger partial charge on any atom is 0.0356 e. The van der Waals surface area contributed by atoms with Gasteiger partial charge in [0.1, 0.15) is 0 Å². The quantitative estimate of drug-likeness (QED) is 0.213. The van der Waals surface area contributed by atoms with Crippen LogP contribution in [0, 0.1) is 0 Å². The number of hydrogen-bond acceptors (Lipinski definition) is 4. The van der Waals surface area contributed by atoms with Gasteiger partial charge in [-0.1, -0.05) is 48.5 Å². The van der Waals surface area contributed by atoms with Crippen molar-refractivity contribution in [1.82, 2.24) is 0 Å². The molecule has 4 heteroatoms. The predicted octanol–water partition coefficient (Wildman–Crippen LogP) is 11.5. The van der Waals surface area contributed by atoms with Crippen LogP contribution in [0.2, 0.25) is 0 Å². The lowest BCUT2D eigenvalue weighted by molar-refractivity contribution is 1.62. The van der Waals surface area contributed by atoms with Gasteiger partial charge in [0.2, 0.25) is 0 Å². The molecule has 4 aromatic carbocycles. The van der Waals surface area contributed by atoms with E-state index >= 15 is 0 Å². The van der Waals surface area contributed by atoms with Crippen molar-refractivity contribution in [2.75, 3.05) is 0 Å². The Balaban J connectivity index is 1.08. The summed E-state index contributed by atoms with van der Waals surface area (Å²) < 4.78 is 5.44. The van der Waals surface area contributed by atoms with E-state index in [1.807, 2.05) is 45.3 Å². The number of benzene rings is 4. The van der Waals surface area contributed by atoms with E-state index in [4.69, 9.17) is 0 Å². The van der Waals surface area contributed by atoms with E-state index in [1.165, 1.54) is 72.4 Å². The normalized spacial score (nSPS) is 11.9. The summed E-state index contributed by atoms with van der Waals surface area (Å²) in [6.45, 7) is 0. The Morgan fingerprint density at radius 1 is 0.333 bits per heavy atom. The van der Waals surface area contributed by atoms with E-state index < -0.39 is 0 Å². The van der Waals surface area contributed by atoms with Crippen molar-refractivity contribution in [2.45, 2.75) is 0 Å². The molecule has 0 saturated carbocycles. The molecule has 4 aromatic heterocycles. The highest BCUT2D eigenvalue weighted by atomic mass is 32.1. The molecule has 0 aliphatic carbocycles. The SMILES string of the molecule is c1cc2cc3sc(-c4ccc(-c5ccc(-c6cc7cc8sccc8cc7s6)cc5)cc4)cc3cc2s1. The van der Waals surface area contributed by atoms with E-state index in [2.05, 4.69) is 108 Å². The van der Waals surface area contributed by atoms with Crippen molar-refractivity contribution in [2.24, 2.45) is 0 Å². The van der Waals surface area contributed by atoms with Crippen molar-refractivity contribution in [3.63, 3.8) is 0 Å². The highest BCUT2D eigenvalue weighted by Crippen LogP contribution is 2.39. The van der Waals surface area contributed by atoms with Gasteiger partial charge >= 0.3 is 0 Å². The van der Waals surface area contributed by atoms with E-state index in [9.17, 15) is 0 Å². The fourth-order valence-electron chi connectivity index (χ4n) is 4.93. The van der Waals surface area contributed by atoms with Gasteiger partial charge in [0, 0.05) is 28.6 Å². The molecule has 36 heavy (non-hydrogen) atoms. The molecule has 0 N–H and O–H groups in total. The molecule has 0 unspecified atom stereocenters. The van der Waals surface area contributed by atoms with Gasteiger partial charge < -0.3 is 0 Å². The van der Waals surface area contributed by atoms with E-state index in [0.29, 0.717) is 0 Å². The summed E-state index contributed by atoms with van der Waals surface area (Å²) in [5.41, 5.74) is 5.07. The summed E-state index contributed by atoms with van der Waals surface area (Å²) in [5.74, 6) is 0. The van der Waals surface area contributed by atoms with Gasteiger partial charge in [0.05, 0.1) is 0 Å². The Kier molecular flexibility index (Phi) is 4.71. The minimum atomic E-state index is 1.25. The van der Waals surface area contributed by atoms with Crippen LogP contribution < -0.4 is 0 Å². The Hall–Kier alpha value is -3.28. The monoisotopic (exact) mass is 530 g/mol. The second-order valence-electron chi connectivity index (χ2n) is 9.07. The largest absolute Gasteiger partial charge is 0.144 e. The fraction of sp³-hybridized carbons (Fsp3) is 0. The zero-order chi connectivity index (χ0) is 23.6. The molecule has 0 bridgehead atoms. The summed E-state index contributed by atoms with van der Waals surface area (Å²) in [5, 5.41) is 9.71. The average Bonchev–Trinajstić information content (AvgIpc) is 3.71. The third kappa shape index (κ3) is 3.45. The van der Waals surface area contributed by atoms with Crippen molar-refractivity contribution in [1.29, 1.82) is 0 Å². The minimum Gasteiger partial charge on any atom is -0.144 e. The Bertz CT molecular complexity index is 1780. The third-order valence-corrected chi connectivity index (χ3v) is 10.9. The summed E-state index contributed by atoms with van der Waals surface area (Å²) in [6.07, 6.45) is 0. The Morgan fingerprint density at radius 2 is 0.722 bits per heavy atom. The fourth-order valence-corrected chi connectivity index (χ4v) is 8.76. The molecule has 0 atom stereocenters. The lowest BCUT2D eigenvalue weighted by Gasteiger charge is -2.05. The van der Waals surface area contributed by atoms with Crippen molar-refractivity contribution >= 4 is 85.7 Å². The van der Waals surface area contributed by atoms with Crippen LogP contribution in [-0.2, 0) is 0 Å². The van der Waals surface area contributed by atoms with Gasteiger partial charge in [-0.05, 0) is 103 Å². The number of thiophene rings is 4. The Morgan fingerprint density at radius 3 is 1.17 bits per heavy atom. The van der Waals surface area contributed by atoms with E-state index in [1.54, 1.807) is 0 Å². The zero-order valence-electron chi connectivity index (χ0n) is 19.0. The van der Waals surface area contributed by atoms with Gasteiger partial charge in [-0.2, -0.15) is 0 Å². The molecular formula is C32H18S4. The van der Waals surface area contributed by atoms with Crippen LogP contribution in [0.25, 0.3) is 72.4 Å². The van der Waals surface area contributed by atoms with Gasteiger partial charge in [-0.15, -0.1) is 45.3 Å². The molecule has 0 saturated heterocycles. The van der Waals surface area contributed by atoms with Crippen molar-refractivity contribution in [3.05, 3.63) is 108 Å². The van der Waals surface area contributed by atoms with Crippen LogP contribution in [0.4, 0.5) is 0 Å². The molecule has 0 nitrogen and oxygen atoms in total. The summed E-state index contributed by atoms with van der Waals surface area (Å²) in [7, 11) is 0. The molecule has 170 valence electrons. The third-order valence-electron chi connectivity index (χ3n) is 6.85. The lowest BCUT2D eigenvalue weighted by Crippen LogP contribution is -1.79. The lowest BCUT2D eigenvalue weighted by atomic mass is 10.0. The van der Waals surface area contributed by atoms with Crippen LogP contribution in [0.3, 0.4) is 0 Å². The summed E-state index contributed by atoms with van der Waals surface area (Å²) >= 11 is 7.38. The van der Waals surface area contributed by atoms with Crippen LogP contribution in [-0.4, -0.2) is 0 Å². The number of fused-ring (bicyclic) bond motifs is 4. The topological polar surface area (TPSA) is 0 Å². The first-order chi connectivity index (χ1) is 17.8. The Labute approximate surface area is 224 Å². The number of rotatable bonds is 3. The maximum absolute atomic E-state index is 2.33. The molecule has 0 aliphatic rings. The first kappa shape index (κ1) is 20.9. The second kappa shape index (κ2) is 8.12. The minimum absolute atomic E-state index is 1.25. The average molecular weight is 531 g/mol. The van der Waals surface area contributed by atoms with Crippen LogP contribution >= 0.6 is 45.3 Å². The van der Waals surface area contributed by atoms with Crippen molar-refractivity contribution in [3.8, 4) is 32.0 Å². The molecule has 0 fully saturated rings. The maximum atomic E-state index is 2.33. The molecule has 0 aliphatic heterocycles. The standard InChI is InChI=1S/C32H18S4/c1-5-21(29-17-25-15-27-23(9-11-33-27)13-31(25)35-29)6-2-19(1)20-3-7-22(8-4-20)30-18-26-16-28-24(10-12-34-28)14-32(26)36-30/h1-18H. The van der Waals surface area contributed by atoms with E-state index in [-0.39, 0.29) is 0 Å². The molecule has 8 aromatic rings. The van der Waals surface area contributed by atoms with Crippen LogP contribution in [0.15, 0.2) is 108 Å². The first-order valence-electron chi connectivity index (χ1n) is 11.8. The molecule has 0 amide bonds. The molecule has 0 radical (unpaired) electrons. The smallest absolute Gasteiger partial charge is 0.0356 e. The van der Waals surface area contributed by atoms with Gasteiger partial charge in [0.15, 0.2) is 0 Å². The van der Waals surface area contributed by atoms with Gasteiger partial charge in [0.25, 0.3) is 0 Å².